The van der Waals surface area contributed by atoms with E-state index < -0.39 is 12.1 Å². The number of nitrogens with zero attached hydrogens (tertiary/aromatic N) is 1. The van der Waals surface area contributed by atoms with Crippen molar-refractivity contribution in [2.24, 2.45) is 0 Å². The number of benzene rings is 1. The molecular formula is C15H22FNO3. The van der Waals surface area contributed by atoms with Crippen molar-refractivity contribution in [2.45, 2.75) is 32.4 Å². The molecule has 1 rings (SSSR count). The van der Waals surface area contributed by atoms with Crippen LogP contribution in [0.15, 0.2) is 24.3 Å². The maximum atomic E-state index is 13.7. The second kappa shape index (κ2) is 7.97. The lowest BCUT2D eigenvalue weighted by atomic mass is 10.1. The van der Waals surface area contributed by atoms with E-state index in [1.807, 2.05) is 11.8 Å². The summed E-state index contributed by atoms with van der Waals surface area (Å²) in [6, 6.07) is 6.36. The van der Waals surface area contributed by atoms with Crippen LogP contribution in [0.5, 0.6) is 0 Å². The first-order valence-electron chi connectivity index (χ1n) is 6.74. The van der Waals surface area contributed by atoms with E-state index in [2.05, 4.69) is 0 Å². The molecule has 2 atom stereocenters. The number of likely N-dealkylation sites (N-methyl/N-ethyl adjacent to an activating group) is 1. The van der Waals surface area contributed by atoms with Crippen molar-refractivity contribution in [1.82, 2.24) is 4.90 Å². The number of esters is 1. The van der Waals surface area contributed by atoms with E-state index in [1.165, 1.54) is 6.07 Å². The predicted molar refractivity (Wildman–Crippen MR) is 74.7 cm³/mol. The lowest BCUT2D eigenvalue weighted by molar-refractivity contribution is -0.145. The molecule has 1 aromatic rings. The Bertz CT molecular complexity index is 439. The van der Waals surface area contributed by atoms with Crippen molar-refractivity contribution >= 4 is 5.97 Å². The van der Waals surface area contributed by atoms with E-state index in [0.717, 1.165) is 0 Å². The van der Waals surface area contributed by atoms with E-state index in [1.54, 1.807) is 32.2 Å². The summed E-state index contributed by atoms with van der Waals surface area (Å²) in [5.74, 6) is -0.696. The number of rotatable bonds is 7. The number of ether oxygens (including phenoxy) is 1. The zero-order valence-corrected chi connectivity index (χ0v) is 12.2. The molecule has 0 aliphatic rings. The summed E-state index contributed by atoms with van der Waals surface area (Å²) in [4.78, 5) is 13.1. The van der Waals surface area contributed by atoms with E-state index in [-0.39, 0.29) is 24.8 Å². The molecule has 5 heteroatoms. The van der Waals surface area contributed by atoms with Crippen molar-refractivity contribution in [2.75, 3.05) is 20.2 Å². The zero-order valence-electron chi connectivity index (χ0n) is 12.2. The zero-order chi connectivity index (χ0) is 15.1. The van der Waals surface area contributed by atoms with E-state index in [0.29, 0.717) is 12.2 Å². The molecule has 0 aliphatic heterocycles. The highest BCUT2D eigenvalue weighted by Gasteiger charge is 2.19. The van der Waals surface area contributed by atoms with Crippen LogP contribution in [0.25, 0.3) is 0 Å². The highest BCUT2D eigenvalue weighted by molar-refractivity contribution is 5.69. The summed E-state index contributed by atoms with van der Waals surface area (Å²) in [5, 5.41) is 9.85. The lowest BCUT2D eigenvalue weighted by Gasteiger charge is -2.27. The second-order valence-corrected chi connectivity index (χ2v) is 4.80. The second-order valence-electron chi connectivity index (χ2n) is 4.80. The number of carbonyl (C=O) groups excluding carboxylic acids is 1. The molecule has 0 aromatic heterocycles. The van der Waals surface area contributed by atoms with Crippen LogP contribution in [0, 0.1) is 5.82 Å². The normalized spacial score (nSPS) is 14.1. The Hall–Kier alpha value is -1.46. The molecule has 0 bridgehead atoms. The standard InChI is InChI=1S/C15H22FNO3/c1-4-20-15(19)9-12(18)10-17(3)11(2)13-7-5-6-8-14(13)16/h5-8,11-12,18H,4,9-10H2,1-3H3. The predicted octanol–water partition coefficient (Wildman–Crippen LogP) is 2.13. The van der Waals surface area contributed by atoms with Gasteiger partial charge in [0.15, 0.2) is 0 Å². The summed E-state index contributed by atoms with van der Waals surface area (Å²) < 4.78 is 18.5. The Morgan fingerprint density at radius 2 is 2.10 bits per heavy atom. The SMILES string of the molecule is CCOC(=O)CC(O)CN(C)C(C)c1ccccc1F. The molecule has 4 nitrogen and oxygen atoms in total. The van der Waals surface area contributed by atoms with Gasteiger partial charge in [0.05, 0.1) is 19.1 Å². The Kier molecular flexibility index (Phi) is 6.61. The van der Waals surface area contributed by atoms with Crippen molar-refractivity contribution in [3.63, 3.8) is 0 Å². The van der Waals surface area contributed by atoms with Crippen LogP contribution in [0.4, 0.5) is 4.39 Å². The molecule has 0 saturated carbocycles. The monoisotopic (exact) mass is 283 g/mol. The summed E-state index contributed by atoms with van der Waals surface area (Å²) >= 11 is 0. The molecule has 0 spiro atoms. The summed E-state index contributed by atoms with van der Waals surface area (Å²) in [7, 11) is 1.78. The largest absolute Gasteiger partial charge is 0.466 e. The lowest BCUT2D eigenvalue weighted by Crippen LogP contribution is -2.33. The highest BCUT2D eigenvalue weighted by Crippen LogP contribution is 2.21. The first kappa shape index (κ1) is 16.6. The fourth-order valence-corrected chi connectivity index (χ4v) is 2.02. The van der Waals surface area contributed by atoms with Gasteiger partial charge in [-0.3, -0.25) is 9.69 Å². The minimum absolute atomic E-state index is 0.0534. The molecule has 0 fully saturated rings. The van der Waals surface area contributed by atoms with Gasteiger partial charge in [-0.05, 0) is 27.0 Å². The van der Waals surface area contributed by atoms with Crippen molar-refractivity contribution in [3.05, 3.63) is 35.6 Å². The third-order valence-corrected chi connectivity index (χ3v) is 3.22. The molecule has 0 radical (unpaired) electrons. The summed E-state index contributed by atoms with van der Waals surface area (Å²) in [5.41, 5.74) is 0.568. The third kappa shape index (κ3) is 4.90. The van der Waals surface area contributed by atoms with Gasteiger partial charge in [0.25, 0.3) is 0 Å². The number of aliphatic hydroxyl groups excluding tert-OH is 1. The van der Waals surface area contributed by atoms with Crippen LogP contribution < -0.4 is 0 Å². The topological polar surface area (TPSA) is 49.8 Å². The van der Waals surface area contributed by atoms with E-state index in [9.17, 15) is 14.3 Å². The molecule has 2 unspecified atom stereocenters. The Morgan fingerprint density at radius 3 is 2.70 bits per heavy atom. The maximum absolute atomic E-state index is 13.7. The number of aliphatic hydroxyl groups is 1. The van der Waals surface area contributed by atoms with Gasteiger partial charge in [0, 0.05) is 18.2 Å². The first-order chi connectivity index (χ1) is 9.45. The minimum atomic E-state index is -0.826. The van der Waals surface area contributed by atoms with E-state index in [4.69, 9.17) is 4.74 Å². The van der Waals surface area contributed by atoms with Crippen LogP contribution in [-0.4, -0.2) is 42.3 Å². The first-order valence-corrected chi connectivity index (χ1v) is 6.74. The molecule has 0 amide bonds. The Balaban J connectivity index is 2.55. The fraction of sp³-hybridized carbons (Fsp3) is 0.533. The van der Waals surface area contributed by atoms with Crippen LogP contribution in [-0.2, 0) is 9.53 Å². The van der Waals surface area contributed by atoms with Gasteiger partial charge in [-0.2, -0.15) is 0 Å². The van der Waals surface area contributed by atoms with Crippen LogP contribution >= 0.6 is 0 Å². The molecule has 112 valence electrons. The minimum Gasteiger partial charge on any atom is -0.466 e. The molecule has 0 saturated heterocycles. The van der Waals surface area contributed by atoms with Crippen LogP contribution in [0.3, 0.4) is 0 Å². The number of hydrogen-bond donors (Lipinski definition) is 1. The van der Waals surface area contributed by atoms with Crippen LogP contribution in [0.2, 0.25) is 0 Å². The molecule has 20 heavy (non-hydrogen) atoms. The number of hydrogen-bond acceptors (Lipinski definition) is 4. The molecule has 0 aliphatic carbocycles. The maximum Gasteiger partial charge on any atom is 0.308 e. The van der Waals surface area contributed by atoms with E-state index >= 15 is 0 Å². The van der Waals surface area contributed by atoms with Crippen molar-refractivity contribution < 1.29 is 19.0 Å². The van der Waals surface area contributed by atoms with Gasteiger partial charge < -0.3 is 9.84 Å². The molecule has 1 N–H and O–H groups in total. The fourth-order valence-electron chi connectivity index (χ4n) is 2.02. The van der Waals surface area contributed by atoms with Crippen LogP contribution in [0.1, 0.15) is 31.9 Å². The molecule has 0 heterocycles. The van der Waals surface area contributed by atoms with Crippen molar-refractivity contribution in [1.29, 1.82) is 0 Å². The average molecular weight is 283 g/mol. The van der Waals surface area contributed by atoms with Gasteiger partial charge in [-0.25, -0.2) is 4.39 Å². The van der Waals surface area contributed by atoms with Gasteiger partial charge >= 0.3 is 5.97 Å². The Labute approximate surface area is 119 Å². The number of carbonyl (C=O) groups is 1. The number of halogens is 1. The van der Waals surface area contributed by atoms with Gasteiger partial charge in [0.2, 0.25) is 0 Å². The van der Waals surface area contributed by atoms with Gasteiger partial charge in [-0.15, -0.1) is 0 Å². The molecule has 1 aromatic carbocycles. The average Bonchev–Trinajstić information content (AvgIpc) is 2.38. The van der Waals surface area contributed by atoms with Gasteiger partial charge in [0.1, 0.15) is 5.82 Å². The van der Waals surface area contributed by atoms with Crippen molar-refractivity contribution in [3.8, 4) is 0 Å². The smallest absolute Gasteiger partial charge is 0.308 e. The molecular weight excluding hydrogens is 261 g/mol. The Morgan fingerprint density at radius 1 is 1.45 bits per heavy atom. The highest BCUT2D eigenvalue weighted by atomic mass is 19.1. The summed E-state index contributed by atoms with van der Waals surface area (Å²) in [6.07, 6.45) is -0.879. The van der Waals surface area contributed by atoms with Gasteiger partial charge in [-0.1, -0.05) is 18.2 Å². The summed E-state index contributed by atoms with van der Waals surface area (Å²) in [6.45, 7) is 4.15. The quantitative estimate of drug-likeness (QED) is 0.779. The third-order valence-electron chi connectivity index (χ3n) is 3.22.